The fraction of sp³-hybridized carbons (Fsp3) is 0.227. The summed E-state index contributed by atoms with van der Waals surface area (Å²) in [4.78, 5) is 31.9. The van der Waals surface area contributed by atoms with E-state index < -0.39 is 0 Å². The van der Waals surface area contributed by atoms with Crippen LogP contribution in [0.2, 0.25) is 0 Å². The van der Waals surface area contributed by atoms with Gasteiger partial charge in [0, 0.05) is 29.9 Å². The SMILES string of the molecule is O=C(Cn1cnc2c(oc3ccccc32)c1=O)Nc1cccc(N2CCOCC2)c1. The lowest BCUT2D eigenvalue weighted by molar-refractivity contribution is -0.116. The number of benzene rings is 2. The highest BCUT2D eigenvalue weighted by atomic mass is 16.5. The molecule has 4 aromatic rings. The molecule has 30 heavy (non-hydrogen) atoms. The molecule has 8 nitrogen and oxygen atoms in total. The van der Waals surface area contributed by atoms with Crippen LogP contribution in [-0.2, 0) is 16.1 Å². The number of aromatic nitrogens is 2. The van der Waals surface area contributed by atoms with Gasteiger partial charge in [-0.15, -0.1) is 0 Å². The first kappa shape index (κ1) is 18.4. The summed E-state index contributed by atoms with van der Waals surface area (Å²) < 4.78 is 12.3. The summed E-state index contributed by atoms with van der Waals surface area (Å²) in [7, 11) is 0. The van der Waals surface area contributed by atoms with Crippen molar-refractivity contribution in [2.24, 2.45) is 0 Å². The molecule has 0 aliphatic carbocycles. The van der Waals surface area contributed by atoms with E-state index in [1.165, 1.54) is 10.9 Å². The van der Waals surface area contributed by atoms with Gasteiger partial charge in [-0.1, -0.05) is 18.2 Å². The van der Waals surface area contributed by atoms with Gasteiger partial charge in [0.1, 0.15) is 17.6 Å². The predicted molar refractivity (Wildman–Crippen MR) is 114 cm³/mol. The van der Waals surface area contributed by atoms with E-state index in [0.717, 1.165) is 24.2 Å². The Morgan fingerprint density at radius 1 is 1.10 bits per heavy atom. The summed E-state index contributed by atoms with van der Waals surface area (Å²) in [5, 5.41) is 3.64. The minimum Gasteiger partial charge on any atom is -0.448 e. The summed E-state index contributed by atoms with van der Waals surface area (Å²) in [5.41, 5.74) is 2.58. The first-order chi connectivity index (χ1) is 14.7. The van der Waals surface area contributed by atoms with Crippen LogP contribution < -0.4 is 15.8 Å². The maximum absolute atomic E-state index is 12.8. The molecule has 0 radical (unpaired) electrons. The Balaban J connectivity index is 1.35. The fourth-order valence-electron chi connectivity index (χ4n) is 3.69. The molecule has 2 aromatic heterocycles. The molecule has 0 bridgehead atoms. The van der Waals surface area contributed by atoms with Crippen LogP contribution >= 0.6 is 0 Å². The van der Waals surface area contributed by atoms with Crippen LogP contribution in [0.5, 0.6) is 0 Å². The Hall–Kier alpha value is -3.65. The number of fused-ring (bicyclic) bond motifs is 3. The maximum atomic E-state index is 12.8. The molecular weight excluding hydrogens is 384 g/mol. The lowest BCUT2D eigenvalue weighted by Crippen LogP contribution is -2.36. The molecule has 2 aromatic carbocycles. The van der Waals surface area contributed by atoms with Gasteiger partial charge in [-0.25, -0.2) is 4.98 Å². The highest BCUT2D eigenvalue weighted by Crippen LogP contribution is 2.24. The van der Waals surface area contributed by atoms with Gasteiger partial charge < -0.3 is 19.4 Å². The van der Waals surface area contributed by atoms with Crippen LogP contribution in [0.25, 0.3) is 22.1 Å². The molecule has 1 N–H and O–H groups in total. The third kappa shape index (κ3) is 3.42. The van der Waals surface area contributed by atoms with Gasteiger partial charge in [0.05, 0.1) is 19.5 Å². The smallest absolute Gasteiger partial charge is 0.297 e. The molecule has 5 rings (SSSR count). The number of nitrogens with zero attached hydrogens (tertiary/aromatic N) is 3. The normalized spacial score (nSPS) is 14.3. The second-order valence-corrected chi connectivity index (χ2v) is 7.15. The third-order valence-electron chi connectivity index (χ3n) is 5.17. The number of anilines is 2. The Bertz CT molecular complexity index is 1290. The number of carbonyl (C=O) groups is 1. The van der Waals surface area contributed by atoms with E-state index in [1.807, 2.05) is 42.5 Å². The van der Waals surface area contributed by atoms with Crippen molar-refractivity contribution in [3.05, 3.63) is 65.2 Å². The molecule has 0 saturated carbocycles. The van der Waals surface area contributed by atoms with Crippen molar-refractivity contribution < 1.29 is 13.9 Å². The van der Waals surface area contributed by atoms with Crippen molar-refractivity contribution in [2.75, 3.05) is 36.5 Å². The summed E-state index contributed by atoms with van der Waals surface area (Å²) in [5.74, 6) is -0.312. The van der Waals surface area contributed by atoms with Gasteiger partial charge in [-0.3, -0.25) is 14.2 Å². The van der Waals surface area contributed by atoms with E-state index in [2.05, 4.69) is 15.2 Å². The maximum Gasteiger partial charge on any atom is 0.297 e. The number of morpholine rings is 1. The van der Waals surface area contributed by atoms with Gasteiger partial charge >= 0.3 is 0 Å². The largest absolute Gasteiger partial charge is 0.448 e. The predicted octanol–water partition coefficient (Wildman–Crippen LogP) is 2.62. The van der Waals surface area contributed by atoms with Crippen LogP contribution in [0.15, 0.2) is 64.1 Å². The Morgan fingerprint density at radius 2 is 1.93 bits per heavy atom. The van der Waals surface area contributed by atoms with Crippen LogP contribution in [-0.4, -0.2) is 41.8 Å². The number of nitrogens with one attached hydrogen (secondary N) is 1. The molecule has 3 heterocycles. The number of rotatable bonds is 4. The van der Waals surface area contributed by atoms with Crippen LogP contribution in [0, 0.1) is 0 Å². The average Bonchev–Trinajstić information content (AvgIpc) is 3.16. The molecule has 1 saturated heterocycles. The standard InChI is InChI=1S/C22H20N4O4/c27-19(24-15-4-3-5-16(12-15)25-8-10-29-11-9-25)13-26-14-23-20-17-6-1-2-7-18(17)30-21(20)22(26)28/h1-7,12,14H,8-11,13H2,(H,24,27). The second-order valence-electron chi connectivity index (χ2n) is 7.15. The molecule has 0 spiro atoms. The zero-order chi connectivity index (χ0) is 20.5. The lowest BCUT2D eigenvalue weighted by atomic mass is 10.2. The minimum atomic E-state index is -0.381. The van der Waals surface area contributed by atoms with Crippen molar-refractivity contribution in [3.8, 4) is 0 Å². The van der Waals surface area contributed by atoms with Crippen molar-refractivity contribution in [1.82, 2.24) is 9.55 Å². The highest BCUT2D eigenvalue weighted by Gasteiger charge is 2.15. The van der Waals surface area contributed by atoms with Crippen LogP contribution in [0.4, 0.5) is 11.4 Å². The number of amides is 1. The van der Waals surface area contributed by atoms with E-state index in [0.29, 0.717) is 30.0 Å². The van der Waals surface area contributed by atoms with Gasteiger partial charge in [0.25, 0.3) is 5.56 Å². The van der Waals surface area contributed by atoms with Gasteiger partial charge in [-0.2, -0.15) is 0 Å². The number of ether oxygens (including phenoxy) is 1. The van der Waals surface area contributed by atoms with E-state index in [9.17, 15) is 9.59 Å². The minimum absolute atomic E-state index is 0.152. The molecule has 0 atom stereocenters. The first-order valence-electron chi connectivity index (χ1n) is 9.78. The molecule has 1 aliphatic heterocycles. The number of carbonyl (C=O) groups excluding carboxylic acids is 1. The molecule has 152 valence electrons. The van der Waals surface area contributed by atoms with Crippen molar-refractivity contribution in [1.29, 1.82) is 0 Å². The summed E-state index contributed by atoms with van der Waals surface area (Å²) in [6.45, 7) is 2.86. The quantitative estimate of drug-likeness (QED) is 0.562. The monoisotopic (exact) mass is 404 g/mol. The summed E-state index contributed by atoms with van der Waals surface area (Å²) in [6, 6.07) is 15.0. The van der Waals surface area contributed by atoms with Crippen molar-refractivity contribution in [3.63, 3.8) is 0 Å². The number of hydrogen-bond acceptors (Lipinski definition) is 6. The van der Waals surface area contributed by atoms with Crippen molar-refractivity contribution >= 4 is 39.4 Å². The fourth-order valence-corrected chi connectivity index (χ4v) is 3.69. The molecule has 8 heteroatoms. The lowest BCUT2D eigenvalue weighted by Gasteiger charge is -2.29. The van der Waals surface area contributed by atoms with Crippen LogP contribution in [0.3, 0.4) is 0 Å². The summed E-state index contributed by atoms with van der Waals surface area (Å²) in [6.07, 6.45) is 1.39. The molecule has 1 amide bonds. The third-order valence-corrected chi connectivity index (χ3v) is 5.17. The molecule has 0 unspecified atom stereocenters. The summed E-state index contributed by atoms with van der Waals surface area (Å²) >= 11 is 0. The van der Waals surface area contributed by atoms with E-state index >= 15 is 0 Å². The van der Waals surface area contributed by atoms with E-state index in [-0.39, 0.29) is 23.6 Å². The number of para-hydroxylation sites is 1. The second kappa shape index (κ2) is 7.64. The van der Waals surface area contributed by atoms with Gasteiger partial charge in [-0.05, 0) is 30.3 Å². The number of hydrogen-bond donors (Lipinski definition) is 1. The Morgan fingerprint density at radius 3 is 2.80 bits per heavy atom. The average molecular weight is 404 g/mol. The highest BCUT2D eigenvalue weighted by molar-refractivity contribution is 6.01. The molecule has 1 aliphatic rings. The topological polar surface area (TPSA) is 89.6 Å². The van der Waals surface area contributed by atoms with Crippen molar-refractivity contribution in [2.45, 2.75) is 6.54 Å². The first-order valence-corrected chi connectivity index (χ1v) is 9.78. The van der Waals surface area contributed by atoms with Gasteiger partial charge in [0.15, 0.2) is 0 Å². The van der Waals surface area contributed by atoms with E-state index in [4.69, 9.17) is 9.15 Å². The zero-order valence-electron chi connectivity index (χ0n) is 16.2. The van der Waals surface area contributed by atoms with Crippen LogP contribution in [0.1, 0.15) is 0 Å². The number of furan rings is 1. The van der Waals surface area contributed by atoms with Gasteiger partial charge in [0.2, 0.25) is 11.5 Å². The molecule has 1 fully saturated rings. The zero-order valence-corrected chi connectivity index (χ0v) is 16.2. The van der Waals surface area contributed by atoms with E-state index in [1.54, 1.807) is 6.07 Å². The Labute approximate surface area is 171 Å². The molecular formula is C22H20N4O4. The Kier molecular flexibility index (Phi) is 4.68.